The molecule has 7 nitrogen and oxygen atoms in total. The Kier molecular flexibility index (Phi) is 4.28. The Morgan fingerprint density at radius 2 is 2.23 bits per heavy atom. The first-order valence-electron chi connectivity index (χ1n) is 6.51. The smallest absolute Gasteiger partial charge is 0.230 e. The van der Waals surface area contributed by atoms with Gasteiger partial charge in [0.2, 0.25) is 5.91 Å². The molecule has 2 aromatic rings. The monoisotopic (exact) mass is 360 g/mol. The summed E-state index contributed by atoms with van der Waals surface area (Å²) < 4.78 is 24.7. The summed E-state index contributed by atoms with van der Waals surface area (Å²) >= 11 is 7.19. The molecule has 22 heavy (non-hydrogen) atoms. The quantitative estimate of drug-likeness (QED) is 0.624. The number of carbonyl (C=O) groups excluding carboxylic acids is 1. The summed E-state index contributed by atoms with van der Waals surface area (Å²) in [6, 6.07) is 4.99. The van der Waals surface area contributed by atoms with Crippen molar-refractivity contribution in [3.63, 3.8) is 0 Å². The van der Waals surface area contributed by atoms with Crippen molar-refractivity contribution in [2.75, 3.05) is 17.3 Å². The fourth-order valence-corrected chi connectivity index (χ4v) is 5.52. The molecule has 1 aliphatic heterocycles. The maximum atomic E-state index is 11.9. The van der Waals surface area contributed by atoms with Gasteiger partial charge in [0.15, 0.2) is 20.6 Å². The van der Waals surface area contributed by atoms with Gasteiger partial charge in [-0.3, -0.25) is 9.20 Å². The summed E-state index contributed by atoms with van der Waals surface area (Å²) in [7, 11) is -3.16. The van der Waals surface area contributed by atoms with Crippen molar-refractivity contribution >= 4 is 44.8 Å². The Morgan fingerprint density at radius 1 is 1.41 bits per heavy atom. The maximum absolute atomic E-state index is 11.9. The number of thioether (sulfide) groups is 1. The molecule has 0 spiro atoms. The molecule has 0 aromatic carbocycles. The van der Waals surface area contributed by atoms with Crippen LogP contribution in [0.15, 0.2) is 29.6 Å². The average Bonchev–Trinajstić information content (AvgIpc) is 2.97. The lowest BCUT2D eigenvalue weighted by Gasteiger charge is -2.13. The molecule has 3 rings (SSSR count). The van der Waals surface area contributed by atoms with E-state index in [4.69, 9.17) is 11.6 Å². The summed E-state index contributed by atoms with van der Waals surface area (Å²) in [6.45, 7) is 0. The number of hydrogen-bond donors (Lipinski definition) is 1. The molecule has 0 radical (unpaired) electrons. The minimum Gasteiger partial charge on any atom is -0.350 e. The van der Waals surface area contributed by atoms with Crippen LogP contribution in [0.3, 0.4) is 0 Å². The normalized spacial score (nSPS) is 23.7. The lowest BCUT2D eigenvalue weighted by atomic mass is 10.2. The van der Waals surface area contributed by atoms with Crippen LogP contribution in [-0.2, 0) is 14.6 Å². The molecule has 1 aliphatic rings. The first-order chi connectivity index (χ1) is 10.4. The second-order valence-electron chi connectivity index (χ2n) is 4.97. The minimum atomic E-state index is -3.16. The molecule has 118 valence electrons. The number of sulfone groups is 1. The van der Waals surface area contributed by atoms with Gasteiger partial charge in [-0.05, 0) is 12.1 Å². The molecule has 1 fully saturated rings. The van der Waals surface area contributed by atoms with Crippen molar-refractivity contribution in [3.05, 3.63) is 24.4 Å². The molecule has 3 heterocycles. The number of rotatable bonds is 4. The van der Waals surface area contributed by atoms with Crippen molar-refractivity contribution in [3.8, 4) is 0 Å². The average molecular weight is 361 g/mol. The summed E-state index contributed by atoms with van der Waals surface area (Å²) in [5, 5.41) is 10.7. The molecule has 2 aromatic heterocycles. The van der Waals surface area contributed by atoms with E-state index in [9.17, 15) is 13.2 Å². The summed E-state index contributed by atoms with van der Waals surface area (Å²) in [5.41, 5.74) is 0.702. The van der Waals surface area contributed by atoms with E-state index in [1.165, 1.54) is 11.8 Å². The van der Waals surface area contributed by atoms with Gasteiger partial charge in [-0.1, -0.05) is 17.8 Å². The molecule has 1 N–H and O–H groups in total. The number of pyridine rings is 1. The molecule has 10 heteroatoms. The second-order valence-corrected chi connectivity index (χ2v) is 8.62. The first kappa shape index (κ1) is 15.6. The first-order valence-corrected chi connectivity index (χ1v) is 9.75. The molecule has 0 bridgehead atoms. The van der Waals surface area contributed by atoms with E-state index in [-0.39, 0.29) is 23.2 Å². The topological polar surface area (TPSA) is 93.4 Å². The number of amides is 1. The standard InChI is InChI=1S/C12H13ClN4O3S2/c13-8-6-22(19,20)7-9(8)14-11(18)5-21-12-16-15-10-3-1-2-4-17(10)12/h1-4,8-9H,5-7H2,(H,14,18)/t8-,9-/m0/s1. The van der Waals surface area contributed by atoms with Crippen LogP contribution in [-0.4, -0.2) is 57.6 Å². The number of hydrogen-bond acceptors (Lipinski definition) is 6. The van der Waals surface area contributed by atoms with Crippen molar-refractivity contribution in [1.29, 1.82) is 0 Å². The zero-order chi connectivity index (χ0) is 15.7. The molecule has 0 aliphatic carbocycles. The van der Waals surface area contributed by atoms with Crippen LogP contribution in [0.2, 0.25) is 0 Å². The van der Waals surface area contributed by atoms with Gasteiger partial charge >= 0.3 is 0 Å². The number of fused-ring (bicyclic) bond motifs is 1. The lowest BCUT2D eigenvalue weighted by Crippen LogP contribution is -2.41. The second kappa shape index (κ2) is 6.05. The highest BCUT2D eigenvalue weighted by molar-refractivity contribution is 7.99. The van der Waals surface area contributed by atoms with Gasteiger partial charge in [-0.25, -0.2) is 8.42 Å². The van der Waals surface area contributed by atoms with Crippen LogP contribution >= 0.6 is 23.4 Å². The Morgan fingerprint density at radius 3 is 2.95 bits per heavy atom. The fourth-order valence-electron chi connectivity index (χ4n) is 2.23. The van der Waals surface area contributed by atoms with Crippen molar-refractivity contribution in [2.45, 2.75) is 16.6 Å². The third-order valence-electron chi connectivity index (χ3n) is 3.24. The summed E-state index contributed by atoms with van der Waals surface area (Å²) in [5.74, 6) is -0.353. The van der Waals surface area contributed by atoms with E-state index in [2.05, 4.69) is 15.5 Å². The Balaban J connectivity index is 1.59. The van der Waals surface area contributed by atoms with E-state index in [1.54, 1.807) is 4.40 Å². The molecule has 1 amide bonds. The maximum Gasteiger partial charge on any atom is 0.230 e. The highest BCUT2D eigenvalue weighted by Crippen LogP contribution is 2.19. The molecule has 0 saturated carbocycles. The predicted octanol–water partition coefficient (Wildman–Crippen LogP) is 0.342. The van der Waals surface area contributed by atoms with Crippen LogP contribution in [0, 0.1) is 0 Å². The predicted molar refractivity (Wildman–Crippen MR) is 83.9 cm³/mol. The van der Waals surface area contributed by atoms with Crippen molar-refractivity contribution in [1.82, 2.24) is 19.9 Å². The summed E-state index contributed by atoms with van der Waals surface area (Å²) in [6.07, 6.45) is 1.81. The Bertz CT molecular complexity index is 808. The number of aromatic nitrogens is 3. The summed E-state index contributed by atoms with van der Waals surface area (Å²) in [4.78, 5) is 11.9. The van der Waals surface area contributed by atoms with Crippen LogP contribution < -0.4 is 5.32 Å². The molecule has 2 atom stereocenters. The van der Waals surface area contributed by atoms with Crippen molar-refractivity contribution in [2.24, 2.45) is 0 Å². The van der Waals surface area contributed by atoms with Crippen LogP contribution in [0.25, 0.3) is 5.65 Å². The van der Waals surface area contributed by atoms with Gasteiger partial charge < -0.3 is 5.32 Å². The lowest BCUT2D eigenvalue weighted by molar-refractivity contribution is -0.119. The third kappa shape index (κ3) is 3.36. The van der Waals surface area contributed by atoms with Gasteiger partial charge in [-0.2, -0.15) is 0 Å². The Hall–Kier alpha value is -1.32. The van der Waals surface area contributed by atoms with Crippen LogP contribution in [0.4, 0.5) is 0 Å². The fraction of sp³-hybridized carbons (Fsp3) is 0.417. The van der Waals surface area contributed by atoms with Gasteiger partial charge in [0, 0.05) is 6.20 Å². The molecule has 1 saturated heterocycles. The van der Waals surface area contributed by atoms with Crippen molar-refractivity contribution < 1.29 is 13.2 Å². The van der Waals surface area contributed by atoms with E-state index in [0.29, 0.717) is 10.8 Å². The van der Waals surface area contributed by atoms with Gasteiger partial charge in [0.25, 0.3) is 0 Å². The molecule has 0 unspecified atom stereocenters. The van der Waals surface area contributed by atoms with Gasteiger partial charge in [0.1, 0.15) is 0 Å². The van der Waals surface area contributed by atoms with Crippen LogP contribution in [0.1, 0.15) is 0 Å². The minimum absolute atomic E-state index is 0.0958. The largest absolute Gasteiger partial charge is 0.350 e. The number of halogens is 1. The van der Waals surface area contributed by atoms with Crippen LogP contribution in [0.5, 0.6) is 0 Å². The third-order valence-corrected chi connectivity index (χ3v) is 6.56. The zero-order valence-electron chi connectivity index (χ0n) is 11.3. The number of alkyl halides is 1. The van der Waals surface area contributed by atoms with E-state index in [0.717, 1.165) is 0 Å². The van der Waals surface area contributed by atoms with Gasteiger partial charge in [-0.15, -0.1) is 21.8 Å². The van der Waals surface area contributed by atoms with Gasteiger partial charge in [0.05, 0.1) is 28.7 Å². The number of nitrogens with zero attached hydrogens (tertiary/aromatic N) is 3. The SMILES string of the molecule is O=C(CSc1nnc2ccccn12)N[C@H]1CS(=O)(=O)C[C@@H]1Cl. The molecular weight excluding hydrogens is 348 g/mol. The zero-order valence-corrected chi connectivity index (χ0v) is 13.7. The van der Waals surface area contributed by atoms with E-state index >= 15 is 0 Å². The number of nitrogens with one attached hydrogen (secondary N) is 1. The number of carbonyl (C=O) groups is 1. The highest BCUT2D eigenvalue weighted by Gasteiger charge is 2.37. The van der Waals surface area contributed by atoms with E-state index < -0.39 is 21.3 Å². The van der Waals surface area contributed by atoms with E-state index in [1.807, 2.05) is 24.4 Å². The Labute approximate surface area is 136 Å². The highest BCUT2D eigenvalue weighted by atomic mass is 35.5. The molecular formula is C12H13ClN4O3S2.